The van der Waals surface area contributed by atoms with Crippen LogP contribution in [-0.4, -0.2) is 4.98 Å². The molecule has 0 fully saturated rings. The standard InChI is InChI=1S/C6H4N/c1-6-3-2-4-7-5-6/h2H,1H3. The number of aromatic nitrogens is 1. The topological polar surface area (TPSA) is 12.9 Å². The van der Waals surface area contributed by atoms with Crippen LogP contribution in [0.2, 0.25) is 0 Å². The minimum Gasteiger partial charge on any atom is -0.244 e. The SMILES string of the molecule is Cc1[c]c[c]n[c]1. The summed E-state index contributed by atoms with van der Waals surface area (Å²) in [6.07, 6.45) is 5.24. The first-order valence-electron chi connectivity index (χ1n) is 2.02. The highest BCUT2D eigenvalue weighted by Crippen LogP contribution is 1.85. The number of aryl methyl sites for hydroxylation is 1. The Labute approximate surface area is 43.0 Å². The number of rotatable bonds is 0. The average Bonchev–Trinajstić information content (AvgIpc) is 1.69. The van der Waals surface area contributed by atoms with Crippen molar-refractivity contribution in [2.45, 2.75) is 6.92 Å². The molecule has 0 aromatic carbocycles. The zero-order valence-electron chi connectivity index (χ0n) is 4.02. The third-order valence-electron chi connectivity index (χ3n) is 0.641. The second kappa shape index (κ2) is 1.73. The van der Waals surface area contributed by atoms with Crippen LogP contribution in [0.5, 0.6) is 0 Å². The molecule has 0 N–H and O–H groups in total. The van der Waals surface area contributed by atoms with Gasteiger partial charge in [0, 0.05) is 0 Å². The Hall–Kier alpha value is -0.850. The van der Waals surface area contributed by atoms with E-state index in [1.54, 1.807) is 6.07 Å². The van der Waals surface area contributed by atoms with Crippen molar-refractivity contribution < 1.29 is 0 Å². The van der Waals surface area contributed by atoms with Gasteiger partial charge in [0.1, 0.15) is 0 Å². The molecule has 1 rings (SSSR count). The summed E-state index contributed by atoms with van der Waals surface area (Å²) in [4.78, 5) is 3.60. The van der Waals surface area contributed by atoms with Crippen molar-refractivity contribution in [2.24, 2.45) is 0 Å². The Morgan fingerprint density at radius 2 is 2.57 bits per heavy atom. The maximum absolute atomic E-state index is 3.60. The molecular formula is C6H4N. The van der Waals surface area contributed by atoms with Gasteiger partial charge < -0.3 is 0 Å². The summed E-state index contributed by atoms with van der Waals surface area (Å²) in [5.41, 5.74) is 0.929. The van der Waals surface area contributed by atoms with E-state index in [4.69, 9.17) is 0 Å². The minimum absolute atomic E-state index is 0.929. The van der Waals surface area contributed by atoms with Crippen LogP contribution in [0, 0.1) is 25.4 Å². The molecule has 1 heterocycles. The second-order valence-corrected chi connectivity index (χ2v) is 1.27. The van der Waals surface area contributed by atoms with Gasteiger partial charge in [-0.1, -0.05) is 0 Å². The summed E-state index contributed by atoms with van der Waals surface area (Å²) in [6, 6.07) is 4.50. The molecule has 33 valence electrons. The molecule has 0 bridgehead atoms. The largest absolute Gasteiger partial charge is 0.244 e. The molecule has 0 unspecified atom stereocenters. The first kappa shape index (κ1) is 4.31. The molecule has 7 heavy (non-hydrogen) atoms. The molecule has 3 radical (unpaired) electrons. The minimum atomic E-state index is 0.929. The Bertz CT molecular complexity index is 134. The van der Waals surface area contributed by atoms with Crippen molar-refractivity contribution in [2.75, 3.05) is 0 Å². The fraction of sp³-hybridized carbons (Fsp3) is 0.167. The van der Waals surface area contributed by atoms with Crippen LogP contribution in [0.25, 0.3) is 0 Å². The predicted octanol–water partition coefficient (Wildman–Crippen LogP) is 0.791. The lowest BCUT2D eigenvalue weighted by molar-refractivity contribution is 1.23. The van der Waals surface area contributed by atoms with E-state index in [0.29, 0.717) is 0 Å². The maximum atomic E-state index is 3.60. The average molecular weight is 90.1 g/mol. The zero-order chi connectivity index (χ0) is 5.11. The van der Waals surface area contributed by atoms with E-state index in [2.05, 4.69) is 23.4 Å². The number of hydrogen-bond acceptors (Lipinski definition) is 1. The lowest BCUT2D eigenvalue weighted by Gasteiger charge is -1.78. The monoisotopic (exact) mass is 90.0 g/mol. The van der Waals surface area contributed by atoms with Crippen molar-refractivity contribution in [1.82, 2.24) is 4.98 Å². The van der Waals surface area contributed by atoms with E-state index in [1.807, 2.05) is 6.92 Å². The van der Waals surface area contributed by atoms with E-state index in [9.17, 15) is 0 Å². The zero-order valence-corrected chi connectivity index (χ0v) is 4.02. The van der Waals surface area contributed by atoms with E-state index in [1.165, 1.54) is 0 Å². The Kier molecular flexibility index (Phi) is 1.07. The molecule has 0 saturated heterocycles. The molecule has 0 aliphatic rings. The second-order valence-electron chi connectivity index (χ2n) is 1.27. The summed E-state index contributed by atoms with van der Waals surface area (Å²) in [5, 5.41) is 0. The summed E-state index contributed by atoms with van der Waals surface area (Å²) in [7, 11) is 0. The van der Waals surface area contributed by atoms with Crippen LogP contribution in [0.3, 0.4) is 0 Å². The van der Waals surface area contributed by atoms with Crippen LogP contribution in [0.4, 0.5) is 0 Å². The summed E-state index contributed by atoms with van der Waals surface area (Å²) in [5.74, 6) is 0. The fourth-order valence-corrected chi connectivity index (χ4v) is 0.321. The fourth-order valence-electron chi connectivity index (χ4n) is 0.321. The van der Waals surface area contributed by atoms with Gasteiger partial charge in [0.15, 0.2) is 0 Å². The van der Waals surface area contributed by atoms with Crippen LogP contribution in [0.1, 0.15) is 5.56 Å². The number of pyridine rings is 1. The normalized spacial score (nSPS) is 8.71. The lowest BCUT2D eigenvalue weighted by atomic mass is 10.3. The highest BCUT2D eigenvalue weighted by atomic mass is 14.6. The van der Waals surface area contributed by atoms with Crippen molar-refractivity contribution in [3.05, 3.63) is 30.1 Å². The van der Waals surface area contributed by atoms with Crippen molar-refractivity contribution >= 4 is 0 Å². The molecule has 1 heteroatoms. The van der Waals surface area contributed by atoms with Crippen molar-refractivity contribution in [3.8, 4) is 0 Å². The Balaban J connectivity index is 3.02. The Morgan fingerprint density at radius 1 is 1.71 bits per heavy atom. The molecule has 0 amide bonds. The predicted molar refractivity (Wildman–Crippen MR) is 25.5 cm³/mol. The van der Waals surface area contributed by atoms with Gasteiger partial charge >= 0.3 is 0 Å². The maximum Gasteiger partial charge on any atom is 0.0932 e. The molecule has 0 aliphatic carbocycles. The van der Waals surface area contributed by atoms with Crippen LogP contribution in [-0.2, 0) is 0 Å². The van der Waals surface area contributed by atoms with Gasteiger partial charge in [0.25, 0.3) is 0 Å². The lowest BCUT2D eigenvalue weighted by Crippen LogP contribution is -1.72. The molecule has 0 atom stereocenters. The van der Waals surface area contributed by atoms with Gasteiger partial charge in [-0.05, 0) is 24.6 Å². The van der Waals surface area contributed by atoms with Gasteiger partial charge in [-0.15, -0.1) is 0 Å². The third-order valence-corrected chi connectivity index (χ3v) is 0.641. The van der Waals surface area contributed by atoms with Gasteiger partial charge in [0.2, 0.25) is 0 Å². The van der Waals surface area contributed by atoms with Gasteiger partial charge in [0.05, 0.1) is 12.4 Å². The van der Waals surface area contributed by atoms with Crippen LogP contribution >= 0.6 is 0 Å². The van der Waals surface area contributed by atoms with Gasteiger partial charge in [-0.3, -0.25) is 0 Å². The molecule has 0 saturated carbocycles. The number of hydrogen-bond donors (Lipinski definition) is 0. The molecule has 0 aliphatic heterocycles. The summed E-state index contributed by atoms with van der Waals surface area (Å²) in [6.45, 7) is 1.89. The van der Waals surface area contributed by atoms with Gasteiger partial charge in [-0.25, -0.2) is 4.98 Å². The Morgan fingerprint density at radius 3 is 2.86 bits per heavy atom. The third kappa shape index (κ3) is 1.000. The van der Waals surface area contributed by atoms with E-state index < -0.39 is 0 Å². The molecule has 1 aromatic heterocycles. The molecule has 1 aromatic rings. The quantitative estimate of drug-likeness (QED) is 0.459. The van der Waals surface area contributed by atoms with Gasteiger partial charge in [-0.2, -0.15) is 0 Å². The molecule has 1 nitrogen and oxygen atoms in total. The number of nitrogens with zero attached hydrogens (tertiary/aromatic N) is 1. The van der Waals surface area contributed by atoms with Crippen LogP contribution in [0.15, 0.2) is 6.07 Å². The molecule has 0 spiro atoms. The van der Waals surface area contributed by atoms with Crippen molar-refractivity contribution in [3.63, 3.8) is 0 Å². The first-order valence-corrected chi connectivity index (χ1v) is 2.02. The van der Waals surface area contributed by atoms with Crippen molar-refractivity contribution in [1.29, 1.82) is 0 Å². The highest BCUT2D eigenvalue weighted by molar-refractivity contribution is 5.00. The smallest absolute Gasteiger partial charge is 0.0932 e. The molecular weight excluding hydrogens is 86.1 g/mol. The highest BCUT2D eigenvalue weighted by Gasteiger charge is 1.76. The summed E-state index contributed by atoms with van der Waals surface area (Å²) >= 11 is 0. The van der Waals surface area contributed by atoms with Crippen LogP contribution < -0.4 is 0 Å². The van der Waals surface area contributed by atoms with E-state index in [-0.39, 0.29) is 0 Å². The van der Waals surface area contributed by atoms with E-state index >= 15 is 0 Å². The summed E-state index contributed by atoms with van der Waals surface area (Å²) < 4.78 is 0. The van der Waals surface area contributed by atoms with E-state index in [0.717, 1.165) is 5.56 Å². The first-order chi connectivity index (χ1) is 3.39.